The van der Waals surface area contributed by atoms with E-state index in [1.807, 2.05) is 6.07 Å². The summed E-state index contributed by atoms with van der Waals surface area (Å²) in [4.78, 5) is 0. The van der Waals surface area contributed by atoms with Crippen molar-refractivity contribution in [1.82, 2.24) is 0 Å². The Bertz CT molecular complexity index is 3210. The minimum atomic E-state index is -0.826. The summed E-state index contributed by atoms with van der Waals surface area (Å²) in [5, 5.41) is 8.30. The first kappa shape index (κ1) is 54.9. The molecule has 0 saturated heterocycles. The quantitative estimate of drug-likeness (QED) is 0.105. The van der Waals surface area contributed by atoms with E-state index in [0.717, 1.165) is 22.4 Å². The third-order valence-corrected chi connectivity index (χ3v) is 15.1. The van der Waals surface area contributed by atoms with Gasteiger partial charge in [0.2, 0.25) is 0 Å². The van der Waals surface area contributed by atoms with E-state index >= 15 is 0 Å². The van der Waals surface area contributed by atoms with E-state index in [2.05, 4.69) is 269 Å². The van der Waals surface area contributed by atoms with Crippen LogP contribution in [0.4, 0.5) is 0 Å². The summed E-state index contributed by atoms with van der Waals surface area (Å²) in [5.41, 5.74) is 19.2. The fourth-order valence-corrected chi connectivity index (χ4v) is 11.9. The van der Waals surface area contributed by atoms with Gasteiger partial charge in [-0.2, -0.15) is 41.6 Å². The Labute approximate surface area is 464 Å². The van der Waals surface area contributed by atoms with Crippen molar-refractivity contribution in [1.29, 1.82) is 0 Å². The van der Waals surface area contributed by atoms with Gasteiger partial charge in [-0.3, -0.25) is 0 Å². The second-order valence-corrected chi connectivity index (χ2v) is 27.4. The van der Waals surface area contributed by atoms with Crippen molar-refractivity contribution in [2.75, 3.05) is 0 Å². The molecule has 0 N–H and O–H groups in total. The maximum atomic E-state index is 4.93. The van der Waals surface area contributed by atoms with Gasteiger partial charge in [0.05, 0.1) is 9.52 Å². The summed E-state index contributed by atoms with van der Waals surface area (Å²) in [5.74, 6) is 1.32. The van der Waals surface area contributed by atoms with Crippen molar-refractivity contribution >= 4 is 58.5 Å². The van der Waals surface area contributed by atoms with Gasteiger partial charge < -0.3 is 0 Å². The molecule has 0 nitrogen and oxygen atoms in total. The average molecular weight is 1100 g/mol. The van der Waals surface area contributed by atoms with Gasteiger partial charge in [-0.1, -0.05) is 236 Å². The molecule has 0 fully saturated rings. The molecule has 374 valence electrons. The molecule has 10 aromatic carbocycles. The molecule has 0 amide bonds. The zero-order chi connectivity index (χ0) is 52.6. The summed E-state index contributed by atoms with van der Waals surface area (Å²) < 4.78 is 0. The number of hydrogen-bond acceptors (Lipinski definition) is 0. The maximum absolute atomic E-state index is 4.93. The molecule has 11 rings (SSSR count). The largest absolute Gasteiger partial charge is 0.184 e. The van der Waals surface area contributed by atoms with Crippen LogP contribution in [-0.2, 0) is 44.5 Å². The van der Waals surface area contributed by atoms with E-state index in [0.29, 0.717) is 11.8 Å². The molecule has 1 aliphatic heterocycles. The molecule has 0 saturated carbocycles. The average Bonchev–Trinajstić information content (AvgIpc) is 4.10. The van der Waals surface area contributed by atoms with Crippen LogP contribution >= 0.6 is 17.0 Å². The van der Waals surface area contributed by atoms with Crippen LogP contribution in [0.15, 0.2) is 200 Å². The Morgan fingerprint density at radius 2 is 0.838 bits per heavy atom. The van der Waals surface area contributed by atoms with Crippen LogP contribution in [0.2, 0.25) is 0 Å². The molecule has 1 heterocycles. The van der Waals surface area contributed by atoms with Crippen molar-refractivity contribution in [2.45, 2.75) is 92.9 Å². The van der Waals surface area contributed by atoms with Crippen molar-refractivity contribution in [2.24, 2.45) is 11.8 Å². The first-order chi connectivity index (χ1) is 35.5. The topological polar surface area (TPSA) is 0 Å². The Morgan fingerprint density at radius 3 is 1.26 bits per heavy atom. The summed E-state index contributed by atoms with van der Waals surface area (Å²) in [6, 6.07) is 76.4. The van der Waals surface area contributed by atoms with Gasteiger partial charge in [-0.25, -0.2) is 0 Å². The fourth-order valence-electron chi connectivity index (χ4n) is 10.6. The SMILES string of the molecule is CC(C)Cc1cc2c(-c3ccccc3-c3ccccc3)c(C(C)(C)C)ccc2[cH-]1.CC(C)Cc1cc2c(-c3ccccc3-c3ccccc3)c(C(C)(C)C)ccc2[cH-]1.[Cl][Zr][Cl].[c-]1cccc2c1[Si]c1ccccc1-2. The molecular formula is C70H69Cl2SiZr-3. The molecule has 4 heteroatoms. The van der Waals surface area contributed by atoms with Gasteiger partial charge >= 0.3 is 37.9 Å². The van der Waals surface area contributed by atoms with E-state index in [-0.39, 0.29) is 10.8 Å². The van der Waals surface area contributed by atoms with Crippen LogP contribution in [-0.4, -0.2) is 9.52 Å². The number of fused-ring (bicyclic) bond motifs is 5. The number of halogens is 2. The Hall–Kier alpha value is -5.34. The minimum Gasteiger partial charge on any atom is -0.184 e. The monoisotopic (exact) mass is 1100 g/mol. The van der Waals surface area contributed by atoms with E-state index in [1.165, 1.54) is 110 Å². The summed E-state index contributed by atoms with van der Waals surface area (Å²) in [6.45, 7) is 23.1. The van der Waals surface area contributed by atoms with Gasteiger partial charge in [0.1, 0.15) is 0 Å². The molecule has 0 spiro atoms. The maximum Gasteiger partial charge on any atom is 0.0920 e. The predicted molar refractivity (Wildman–Crippen MR) is 323 cm³/mol. The zero-order valence-corrected chi connectivity index (χ0v) is 49.8. The van der Waals surface area contributed by atoms with E-state index in [4.69, 9.17) is 17.0 Å². The molecule has 0 aliphatic carbocycles. The molecule has 1 aliphatic rings. The Balaban J connectivity index is 0.000000153. The molecule has 74 heavy (non-hydrogen) atoms. The van der Waals surface area contributed by atoms with E-state index in [1.54, 1.807) is 0 Å². The van der Waals surface area contributed by atoms with E-state index in [9.17, 15) is 0 Å². The molecule has 0 unspecified atom stereocenters. The molecule has 10 aromatic rings. The van der Waals surface area contributed by atoms with Gasteiger partial charge in [0, 0.05) is 0 Å². The molecule has 0 aromatic heterocycles. The second kappa shape index (κ2) is 24.6. The Kier molecular flexibility index (Phi) is 18.2. The number of hydrogen-bond donors (Lipinski definition) is 0. The normalized spacial score (nSPS) is 11.8. The van der Waals surface area contributed by atoms with Crippen LogP contribution in [0.3, 0.4) is 0 Å². The summed E-state index contributed by atoms with van der Waals surface area (Å²) in [6.07, 6.45) is 2.25. The standard InChI is InChI=1S/2C29H31.C12H7Si.2ClH.Zr/c2*1-20(2)17-21-18-23-15-16-27(29(3,4)5)28(26(23)19-21)25-14-10-9-13-24(25)22-11-7-6-8-12-22;1-3-7-11-9(5-1)10-6-2-4-8-12(10)13-11;;;/h2*6-16,18-20H,17H2,1-5H3;1-7H;2*1H;/q3*-1;;;+2/p-2. The summed E-state index contributed by atoms with van der Waals surface area (Å²) in [7, 11) is 10.7. The predicted octanol–water partition coefficient (Wildman–Crippen LogP) is 19.3. The van der Waals surface area contributed by atoms with Gasteiger partial charge in [-0.05, 0) is 68.9 Å². The van der Waals surface area contributed by atoms with Gasteiger partial charge in [0.15, 0.2) is 0 Å². The van der Waals surface area contributed by atoms with Crippen LogP contribution in [0.1, 0.15) is 91.5 Å². The van der Waals surface area contributed by atoms with Crippen molar-refractivity contribution < 1.29 is 20.8 Å². The molecule has 0 atom stereocenters. The van der Waals surface area contributed by atoms with Crippen LogP contribution in [0.5, 0.6) is 0 Å². The summed E-state index contributed by atoms with van der Waals surface area (Å²) >= 11 is -0.826. The minimum absolute atomic E-state index is 0.0722. The molecular weight excluding hydrogens is 1030 g/mol. The zero-order valence-electron chi connectivity index (χ0n) is 44.9. The second-order valence-electron chi connectivity index (χ2n) is 22.4. The molecule has 2 radical (unpaired) electrons. The fraction of sp³-hybridized carbons (Fsp3) is 0.229. The van der Waals surface area contributed by atoms with Gasteiger partial charge in [0.25, 0.3) is 0 Å². The van der Waals surface area contributed by atoms with Crippen LogP contribution in [0, 0.1) is 17.9 Å². The first-order valence-corrected chi connectivity index (χ1v) is 33.5. The van der Waals surface area contributed by atoms with Gasteiger partial charge in [-0.15, -0.1) is 74.6 Å². The van der Waals surface area contributed by atoms with Crippen molar-refractivity contribution in [3.8, 4) is 55.6 Å². The van der Waals surface area contributed by atoms with Crippen molar-refractivity contribution in [3.05, 3.63) is 229 Å². The smallest absolute Gasteiger partial charge is 0.0920 e. The van der Waals surface area contributed by atoms with E-state index < -0.39 is 20.8 Å². The number of rotatable bonds is 8. The first-order valence-electron chi connectivity index (χ1n) is 26.1. The Morgan fingerprint density at radius 1 is 0.459 bits per heavy atom. The third-order valence-electron chi connectivity index (χ3n) is 13.7. The van der Waals surface area contributed by atoms with Crippen LogP contribution < -0.4 is 10.4 Å². The number of benzene rings is 8. The molecule has 0 bridgehead atoms. The van der Waals surface area contributed by atoms with Crippen molar-refractivity contribution in [3.63, 3.8) is 0 Å². The van der Waals surface area contributed by atoms with Crippen LogP contribution in [0.25, 0.3) is 77.2 Å². The third kappa shape index (κ3) is 13.0.